The molecule has 2 aromatic carbocycles. The monoisotopic (exact) mass is 350 g/mol. The van der Waals surface area contributed by atoms with Crippen molar-refractivity contribution >= 4 is 23.2 Å². The lowest BCUT2D eigenvalue weighted by Crippen LogP contribution is -2.39. The van der Waals surface area contributed by atoms with Gasteiger partial charge in [0, 0.05) is 11.6 Å². The van der Waals surface area contributed by atoms with Crippen molar-refractivity contribution in [2.24, 2.45) is 0 Å². The molecule has 1 atom stereocenters. The number of anilines is 1. The second kappa shape index (κ2) is 8.13. The number of halogens is 2. The summed E-state index contributed by atoms with van der Waals surface area (Å²) in [5.74, 6) is 0.0848. The average Bonchev–Trinajstić information content (AvgIpc) is 2.56. The molecule has 0 saturated heterocycles. The molecule has 0 unspecified atom stereocenters. The number of nitrogens with zero attached hydrogens (tertiary/aromatic N) is 1. The van der Waals surface area contributed by atoms with Gasteiger partial charge in [-0.2, -0.15) is 0 Å². The zero-order valence-corrected chi connectivity index (χ0v) is 14.6. The van der Waals surface area contributed by atoms with E-state index in [2.05, 4.69) is 5.32 Å². The molecule has 0 aliphatic carbocycles. The summed E-state index contributed by atoms with van der Waals surface area (Å²) in [5, 5.41) is 3.34. The lowest BCUT2D eigenvalue weighted by atomic mass is 10.2. The predicted molar refractivity (Wildman–Crippen MR) is 94.0 cm³/mol. The number of ether oxygens (including phenoxy) is 1. The zero-order chi connectivity index (χ0) is 17.7. The molecular weight excluding hydrogens is 331 g/mol. The third kappa shape index (κ3) is 4.69. The van der Waals surface area contributed by atoms with Crippen LogP contribution >= 0.6 is 11.6 Å². The van der Waals surface area contributed by atoms with Gasteiger partial charge in [0.1, 0.15) is 11.6 Å². The summed E-state index contributed by atoms with van der Waals surface area (Å²) < 4.78 is 18.2. The summed E-state index contributed by atoms with van der Waals surface area (Å²) in [6.07, 6.45) is 0. The lowest BCUT2D eigenvalue weighted by Gasteiger charge is -2.24. The largest absolute Gasteiger partial charge is 0.495 e. The number of likely N-dealkylation sites (N-methyl/N-ethyl adjacent to an activating group) is 1. The van der Waals surface area contributed by atoms with Crippen LogP contribution < -0.4 is 10.1 Å². The highest BCUT2D eigenvalue weighted by Gasteiger charge is 2.19. The van der Waals surface area contributed by atoms with Gasteiger partial charge in [-0.15, -0.1) is 0 Å². The molecule has 1 amide bonds. The van der Waals surface area contributed by atoms with Gasteiger partial charge in [0.15, 0.2) is 0 Å². The Balaban J connectivity index is 2.03. The van der Waals surface area contributed by atoms with Crippen LogP contribution in [0.25, 0.3) is 0 Å². The molecule has 0 aliphatic heterocycles. The summed E-state index contributed by atoms with van der Waals surface area (Å²) >= 11 is 5.97. The maximum Gasteiger partial charge on any atom is 0.241 e. The first-order valence-electron chi connectivity index (χ1n) is 7.50. The van der Waals surface area contributed by atoms with E-state index >= 15 is 0 Å². The standard InChI is InChI=1S/C18H20ClFN2O2/c1-12(22(2)11-13-4-7-15(20)8-5-13)18(23)21-16-10-14(19)6-9-17(16)24-3/h4-10,12H,11H2,1-3H3,(H,21,23)/t12-/m1/s1. The number of nitrogens with one attached hydrogen (secondary N) is 1. The Hall–Kier alpha value is -2.11. The third-order valence-electron chi connectivity index (χ3n) is 3.81. The summed E-state index contributed by atoms with van der Waals surface area (Å²) in [4.78, 5) is 14.3. The molecule has 2 aromatic rings. The van der Waals surface area contributed by atoms with Crippen molar-refractivity contribution in [2.45, 2.75) is 19.5 Å². The minimum absolute atomic E-state index is 0.180. The Labute approximate surface area is 146 Å². The van der Waals surface area contributed by atoms with Crippen LogP contribution in [0.1, 0.15) is 12.5 Å². The van der Waals surface area contributed by atoms with Crippen LogP contribution in [0, 0.1) is 5.82 Å². The molecule has 0 radical (unpaired) electrons. The first-order chi connectivity index (χ1) is 11.4. The molecule has 0 spiro atoms. The van der Waals surface area contributed by atoms with Gasteiger partial charge in [-0.3, -0.25) is 9.69 Å². The van der Waals surface area contributed by atoms with Crippen LogP contribution in [0.2, 0.25) is 5.02 Å². The van der Waals surface area contributed by atoms with Gasteiger partial charge < -0.3 is 10.1 Å². The highest BCUT2D eigenvalue weighted by molar-refractivity contribution is 6.31. The molecule has 1 N–H and O–H groups in total. The van der Waals surface area contributed by atoms with E-state index in [1.807, 2.05) is 11.9 Å². The second-order valence-electron chi connectivity index (χ2n) is 5.55. The fraction of sp³-hybridized carbons (Fsp3) is 0.278. The predicted octanol–water partition coefficient (Wildman–Crippen LogP) is 3.95. The molecule has 24 heavy (non-hydrogen) atoms. The van der Waals surface area contributed by atoms with Crippen molar-refractivity contribution in [3.63, 3.8) is 0 Å². The van der Waals surface area contributed by atoms with E-state index in [9.17, 15) is 9.18 Å². The molecule has 0 fully saturated rings. The SMILES string of the molecule is COc1ccc(Cl)cc1NC(=O)[C@@H](C)N(C)Cc1ccc(F)cc1. The number of amides is 1. The Morgan fingerprint density at radius 3 is 2.58 bits per heavy atom. The van der Waals surface area contributed by atoms with Crippen LogP contribution in [0.5, 0.6) is 5.75 Å². The van der Waals surface area contributed by atoms with Crippen LogP contribution in [0.3, 0.4) is 0 Å². The summed E-state index contributed by atoms with van der Waals surface area (Å²) in [6, 6.07) is 10.9. The fourth-order valence-electron chi connectivity index (χ4n) is 2.23. The first-order valence-corrected chi connectivity index (χ1v) is 7.87. The number of carbonyl (C=O) groups excluding carboxylic acids is 1. The number of benzene rings is 2. The highest BCUT2D eigenvalue weighted by atomic mass is 35.5. The van der Waals surface area contributed by atoms with Gasteiger partial charge in [-0.1, -0.05) is 23.7 Å². The topological polar surface area (TPSA) is 41.6 Å². The number of hydrogen-bond acceptors (Lipinski definition) is 3. The maximum absolute atomic E-state index is 13.0. The molecule has 128 valence electrons. The van der Waals surface area contributed by atoms with Crippen LogP contribution in [-0.2, 0) is 11.3 Å². The molecule has 6 heteroatoms. The van der Waals surface area contributed by atoms with Crippen molar-refractivity contribution in [1.29, 1.82) is 0 Å². The van der Waals surface area contributed by atoms with Gasteiger partial charge >= 0.3 is 0 Å². The molecule has 0 saturated carbocycles. The third-order valence-corrected chi connectivity index (χ3v) is 4.04. The number of rotatable bonds is 6. The van der Waals surface area contributed by atoms with Gasteiger partial charge in [0.25, 0.3) is 0 Å². The van der Waals surface area contributed by atoms with Crippen molar-refractivity contribution in [3.05, 3.63) is 58.9 Å². The Morgan fingerprint density at radius 1 is 1.29 bits per heavy atom. The summed E-state index contributed by atoms with van der Waals surface area (Å²) in [5.41, 5.74) is 1.45. The van der Waals surface area contributed by atoms with Gasteiger partial charge in [0.05, 0.1) is 18.8 Å². The minimum atomic E-state index is -0.390. The summed E-state index contributed by atoms with van der Waals surface area (Å²) in [7, 11) is 3.37. The van der Waals surface area contributed by atoms with E-state index < -0.39 is 6.04 Å². The lowest BCUT2D eigenvalue weighted by molar-refractivity contribution is -0.120. The van der Waals surface area contributed by atoms with Gasteiger partial charge in [-0.05, 0) is 49.9 Å². The highest BCUT2D eigenvalue weighted by Crippen LogP contribution is 2.28. The quantitative estimate of drug-likeness (QED) is 0.857. The molecule has 0 aliphatic rings. The van der Waals surface area contributed by atoms with Crippen molar-refractivity contribution in [2.75, 3.05) is 19.5 Å². The molecule has 2 rings (SSSR count). The molecule has 0 heterocycles. The van der Waals surface area contributed by atoms with E-state index in [4.69, 9.17) is 16.3 Å². The molecule has 4 nitrogen and oxygen atoms in total. The average molecular weight is 351 g/mol. The Kier molecular flexibility index (Phi) is 6.17. The number of methoxy groups -OCH3 is 1. The zero-order valence-electron chi connectivity index (χ0n) is 13.8. The van der Waals surface area contributed by atoms with Gasteiger partial charge in [-0.25, -0.2) is 4.39 Å². The van der Waals surface area contributed by atoms with Gasteiger partial charge in [0.2, 0.25) is 5.91 Å². The van der Waals surface area contributed by atoms with E-state index in [0.29, 0.717) is 23.0 Å². The fourth-order valence-corrected chi connectivity index (χ4v) is 2.40. The van der Waals surface area contributed by atoms with E-state index in [0.717, 1.165) is 5.56 Å². The molecular formula is C18H20ClFN2O2. The smallest absolute Gasteiger partial charge is 0.241 e. The van der Waals surface area contributed by atoms with E-state index in [-0.39, 0.29) is 11.7 Å². The number of hydrogen-bond donors (Lipinski definition) is 1. The molecule has 0 aromatic heterocycles. The van der Waals surface area contributed by atoms with E-state index in [1.54, 1.807) is 37.3 Å². The normalized spacial score (nSPS) is 12.1. The van der Waals surface area contributed by atoms with Crippen molar-refractivity contribution in [1.82, 2.24) is 4.90 Å². The minimum Gasteiger partial charge on any atom is -0.495 e. The van der Waals surface area contributed by atoms with Crippen LogP contribution in [0.4, 0.5) is 10.1 Å². The first kappa shape index (κ1) is 18.2. The molecule has 0 bridgehead atoms. The maximum atomic E-state index is 13.0. The van der Waals surface area contributed by atoms with Crippen LogP contribution in [-0.4, -0.2) is 31.0 Å². The Bertz CT molecular complexity index is 707. The van der Waals surface area contributed by atoms with Crippen molar-refractivity contribution < 1.29 is 13.9 Å². The Morgan fingerprint density at radius 2 is 1.96 bits per heavy atom. The van der Waals surface area contributed by atoms with Crippen molar-refractivity contribution in [3.8, 4) is 5.75 Å². The number of carbonyl (C=O) groups is 1. The second-order valence-corrected chi connectivity index (χ2v) is 5.99. The summed E-state index contributed by atoms with van der Waals surface area (Å²) in [6.45, 7) is 2.33. The van der Waals surface area contributed by atoms with Crippen LogP contribution in [0.15, 0.2) is 42.5 Å². The van der Waals surface area contributed by atoms with E-state index in [1.165, 1.54) is 19.2 Å².